The smallest absolute Gasteiger partial charge is 0.327 e. The standard InChI is InChI=1S/C27H34N2O5/c1-5-8-22(20-13-9-18(4)10-14-20)28-26(33)29-24(32)27(6-2,7-3)25(29)34-21-15-11-19(12-16-21)17-23(30)31/h9-16,22,25H,5-8,17H2,1-4H3,(H,28,33)(H,30,31). The van der Waals surface area contributed by atoms with Crippen LogP contribution in [0.3, 0.4) is 0 Å². The van der Waals surface area contributed by atoms with E-state index in [4.69, 9.17) is 9.84 Å². The number of benzene rings is 2. The number of β-lactam (4-membered cyclic amide) rings is 1. The van der Waals surface area contributed by atoms with E-state index in [2.05, 4.69) is 12.2 Å². The van der Waals surface area contributed by atoms with Crippen molar-refractivity contribution in [2.45, 2.75) is 72.1 Å². The van der Waals surface area contributed by atoms with Gasteiger partial charge in [-0.2, -0.15) is 0 Å². The van der Waals surface area contributed by atoms with Gasteiger partial charge in [-0.3, -0.25) is 9.59 Å². The fourth-order valence-electron chi connectivity index (χ4n) is 4.52. The fourth-order valence-corrected chi connectivity index (χ4v) is 4.52. The maximum atomic E-state index is 13.3. The molecule has 0 spiro atoms. The molecule has 34 heavy (non-hydrogen) atoms. The number of ether oxygens (including phenoxy) is 1. The number of aliphatic carboxylic acids is 1. The Morgan fingerprint density at radius 1 is 1.06 bits per heavy atom. The SMILES string of the molecule is CCCC(NC(=O)N1C(=O)C(CC)(CC)C1Oc1ccc(CC(=O)O)cc1)c1ccc(C)cc1. The number of hydrogen-bond acceptors (Lipinski definition) is 4. The third-order valence-corrected chi connectivity index (χ3v) is 6.71. The highest BCUT2D eigenvalue weighted by Gasteiger charge is 2.63. The molecule has 0 bridgehead atoms. The molecule has 182 valence electrons. The summed E-state index contributed by atoms with van der Waals surface area (Å²) < 4.78 is 6.17. The predicted molar refractivity (Wildman–Crippen MR) is 129 cm³/mol. The van der Waals surface area contributed by atoms with Gasteiger partial charge >= 0.3 is 12.0 Å². The lowest BCUT2D eigenvalue weighted by Gasteiger charge is -2.53. The van der Waals surface area contributed by atoms with Crippen LogP contribution in [0, 0.1) is 12.3 Å². The molecule has 0 aromatic heterocycles. The number of nitrogens with one attached hydrogen (secondary N) is 1. The Balaban J connectivity index is 1.81. The van der Waals surface area contributed by atoms with Crippen molar-refractivity contribution < 1.29 is 24.2 Å². The second-order valence-electron chi connectivity index (χ2n) is 8.92. The molecule has 0 radical (unpaired) electrons. The Labute approximate surface area is 201 Å². The maximum absolute atomic E-state index is 13.3. The highest BCUT2D eigenvalue weighted by Crippen LogP contribution is 2.46. The van der Waals surface area contributed by atoms with Crippen LogP contribution in [0.2, 0.25) is 0 Å². The van der Waals surface area contributed by atoms with E-state index in [0.717, 1.165) is 24.0 Å². The van der Waals surface area contributed by atoms with Crippen molar-refractivity contribution in [1.82, 2.24) is 10.2 Å². The molecule has 7 heteroatoms. The Bertz CT molecular complexity index is 1010. The van der Waals surface area contributed by atoms with Gasteiger partial charge < -0.3 is 15.2 Å². The van der Waals surface area contributed by atoms with Crippen molar-refractivity contribution in [2.75, 3.05) is 0 Å². The molecule has 1 saturated heterocycles. The topological polar surface area (TPSA) is 95.9 Å². The van der Waals surface area contributed by atoms with Crippen molar-refractivity contribution >= 4 is 17.9 Å². The molecule has 2 aromatic rings. The highest BCUT2D eigenvalue weighted by molar-refractivity contribution is 6.03. The summed E-state index contributed by atoms with van der Waals surface area (Å²) in [5.74, 6) is -0.659. The first-order chi connectivity index (χ1) is 16.2. The second-order valence-corrected chi connectivity index (χ2v) is 8.92. The summed E-state index contributed by atoms with van der Waals surface area (Å²) in [6, 6.07) is 14.1. The van der Waals surface area contributed by atoms with Crippen molar-refractivity contribution in [3.05, 3.63) is 65.2 Å². The van der Waals surface area contributed by atoms with Gasteiger partial charge in [-0.15, -0.1) is 0 Å². The summed E-state index contributed by atoms with van der Waals surface area (Å²) >= 11 is 0. The first-order valence-electron chi connectivity index (χ1n) is 11.9. The summed E-state index contributed by atoms with van der Waals surface area (Å²) in [4.78, 5) is 38.6. The quantitative estimate of drug-likeness (QED) is 0.468. The predicted octanol–water partition coefficient (Wildman–Crippen LogP) is 5.23. The summed E-state index contributed by atoms with van der Waals surface area (Å²) in [6.07, 6.45) is 1.90. The number of carbonyl (C=O) groups excluding carboxylic acids is 2. The Morgan fingerprint density at radius 2 is 1.68 bits per heavy atom. The minimum atomic E-state index is -0.910. The number of carbonyl (C=O) groups is 3. The molecule has 2 aromatic carbocycles. The van der Waals surface area contributed by atoms with Gasteiger partial charge in [-0.1, -0.05) is 69.2 Å². The Kier molecular flexibility index (Phi) is 7.97. The largest absolute Gasteiger partial charge is 0.481 e. The molecule has 1 heterocycles. The van der Waals surface area contributed by atoms with Gasteiger partial charge in [0.25, 0.3) is 0 Å². The third kappa shape index (κ3) is 5.08. The first-order valence-corrected chi connectivity index (χ1v) is 11.9. The number of imide groups is 1. The number of hydrogen-bond donors (Lipinski definition) is 2. The summed E-state index contributed by atoms with van der Waals surface area (Å²) in [5.41, 5.74) is 2.01. The molecule has 2 N–H and O–H groups in total. The second kappa shape index (κ2) is 10.7. The number of carboxylic acid groups (broad SMARTS) is 1. The zero-order valence-electron chi connectivity index (χ0n) is 20.3. The Morgan fingerprint density at radius 3 is 2.21 bits per heavy atom. The molecule has 2 unspecified atom stereocenters. The van der Waals surface area contributed by atoms with Gasteiger partial charge in [0.15, 0.2) is 6.23 Å². The van der Waals surface area contributed by atoms with Gasteiger partial charge in [0.1, 0.15) is 11.2 Å². The molecular weight excluding hydrogens is 432 g/mol. The number of rotatable bonds is 10. The zero-order valence-corrected chi connectivity index (χ0v) is 20.3. The fraction of sp³-hybridized carbons (Fsp3) is 0.444. The van der Waals surface area contributed by atoms with Gasteiger partial charge in [-0.25, -0.2) is 9.69 Å². The van der Waals surface area contributed by atoms with Crippen molar-refractivity contribution in [3.63, 3.8) is 0 Å². The molecule has 7 nitrogen and oxygen atoms in total. The average Bonchev–Trinajstić information content (AvgIpc) is 2.81. The zero-order chi connectivity index (χ0) is 24.9. The molecule has 3 rings (SSSR count). The molecular formula is C27H34N2O5. The lowest BCUT2D eigenvalue weighted by Crippen LogP contribution is -2.73. The van der Waals surface area contributed by atoms with E-state index in [1.54, 1.807) is 24.3 Å². The minimum Gasteiger partial charge on any atom is -0.481 e. The number of likely N-dealkylation sites (tertiary alicyclic amines) is 1. The van der Waals surface area contributed by atoms with Crippen LogP contribution in [0.4, 0.5) is 4.79 Å². The van der Waals surface area contributed by atoms with E-state index in [1.807, 2.05) is 45.0 Å². The number of amides is 3. The average molecular weight is 467 g/mol. The minimum absolute atomic E-state index is 0.0809. The Hall–Kier alpha value is -3.35. The monoisotopic (exact) mass is 466 g/mol. The van der Waals surface area contributed by atoms with E-state index in [1.165, 1.54) is 4.90 Å². The summed E-state index contributed by atoms with van der Waals surface area (Å²) in [5, 5.41) is 12.0. The van der Waals surface area contributed by atoms with Crippen LogP contribution >= 0.6 is 0 Å². The van der Waals surface area contributed by atoms with Crippen LogP contribution in [0.25, 0.3) is 0 Å². The molecule has 1 aliphatic rings. The molecule has 1 aliphatic heterocycles. The van der Waals surface area contributed by atoms with Crippen LogP contribution in [-0.2, 0) is 16.0 Å². The van der Waals surface area contributed by atoms with Crippen LogP contribution in [-0.4, -0.2) is 34.1 Å². The van der Waals surface area contributed by atoms with Crippen LogP contribution in [0.15, 0.2) is 48.5 Å². The van der Waals surface area contributed by atoms with Gasteiger partial charge in [0.2, 0.25) is 5.91 Å². The van der Waals surface area contributed by atoms with Crippen LogP contribution < -0.4 is 10.1 Å². The maximum Gasteiger partial charge on any atom is 0.327 e. The molecule has 0 saturated carbocycles. The van der Waals surface area contributed by atoms with Crippen molar-refractivity contribution in [3.8, 4) is 5.75 Å². The number of carboxylic acids is 1. The third-order valence-electron chi connectivity index (χ3n) is 6.71. The van der Waals surface area contributed by atoms with E-state index < -0.39 is 23.6 Å². The van der Waals surface area contributed by atoms with Gasteiger partial charge in [0.05, 0.1) is 12.5 Å². The van der Waals surface area contributed by atoms with Crippen LogP contribution in [0.1, 0.15) is 69.2 Å². The van der Waals surface area contributed by atoms with E-state index in [-0.39, 0.29) is 18.4 Å². The normalized spacial score (nSPS) is 17.6. The molecule has 3 amide bonds. The van der Waals surface area contributed by atoms with E-state index in [9.17, 15) is 14.4 Å². The lowest BCUT2D eigenvalue weighted by atomic mass is 9.72. The first kappa shape index (κ1) is 25.3. The number of nitrogens with zero attached hydrogens (tertiary/aromatic N) is 1. The van der Waals surface area contributed by atoms with Crippen molar-refractivity contribution in [1.29, 1.82) is 0 Å². The van der Waals surface area contributed by atoms with Crippen LogP contribution in [0.5, 0.6) is 5.75 Å². The van der Waals surface area contributed by atoms with E-state index >= 15 is 0 Å². The number of aryl methyl sites for hydroxylation is 1. The summed E-state index contributed by atoms with van der Waals surface area (Å²) in [7, 11) is 0. The molecule has 1 fully saturated rings. The molecule has 2 atom stereocenters. The molecule has 0 aliphatic carbocycles. The van der Waals surface area contributed by atoms with Gasteiger partial charge in [0, 0.05) is 0 Å². The highest BCUT2D eigenvalue weighted by atomic mass is 16.5. The van der Waals surface area contributed by atoms with Crippen molar-refractivity contribution in [2.24, 2.45) is 5.41 Å². The van der Waals surface area contributed by atoms with E-state index in [0.29, 0.717) is 24.2 Å². The number of urea groups is 1. The summed E-state index contributed by atoms with van der Waals surface area (Å²) in [6.45, 7) is 7.92. The lowest BCUT2D eigenvalue weighted by molar-refractivity contribution is -0.191. The van der Waals surface area contributed by atoms with Gasteiger partial charge in [-0.05, 0) is 49.4 Å².